The molecule has 0 radical (unpaired) electrons. The van der Waals surface area contributed by atoms with Gasteiger partial charge in [0.15, 0.2) is 0 Å². The van der Waals surface area contributed by atoms with E-state index < -0.39 is 10.0 Å². The molecule has 1 aliphatic heterocycles. The highest BCUT2D eigenvalue weighted by Crippen LogP contribution is 2.29. The zero-order chi connectivity index (χ0) is 17.3. The molecule has 1 atom stereocenters. The first-order valence-corrected chi connectivity index (χ1v) is 9.65. The molecule has 3 rings (SSSR count). The molecule has 0 spiro atoms. The maximum Gasteiger partial charge on any atom is 0.243 e. The summed E-state index contributed by atoms with van der Waals surface area (Å²) >= 11 is 6.07. The van der Waals surface area contributed by atoms with Crippen LogP contribution in [0.1, 0.15) is 23.2 Å². The minimum atomic E-state index is -3.66. The first-order valence-electron chi connectivity index (χ1n) is 7.83. The van der Waals surface area contributed by atoms with Crippen LogP contribution in [-0.4, -0.2) is 36.3 Å². The molecule has 2 aromatic rings. The number of piperidine rings is 1. The lowest BCUT2D eigenvalue weighted by Gasteiger charge is -2.31. The van der Waals surface area contributed by atoms with Crippen molar-refractivity contribution in [3.63, 3.8) is 0 Å². The lowest BCUT2D eigenvalue weighted by molar-refractivity contribution is 0.0784. The summed E-state index contributed by atoms with van der Waals surface area (Å²) in [6.07, 6.45) is 4.74. The quantitative estimate of drug-likeness (QED) is 0.838. The van der Waals surface area contributed by atoms with Gasteiger partial charge >= 0.3 is 0 Å². The molecular formula is C17H19ClN2O3S. The molecule has 5 nitrogen and oxygen atoms in total. The number of hydrogen-bond donors (Lipinski definition) is 0. The summed E-state index contributed by atoms with van der Waals surface area (Å²) in [5.41, 5.74) is 0.540. The number of hydrogen-bond acceptors (Lipinski definition) is 3. The molecule has 1 saturated heterocycles. The molecule has 0 N–H and O–H groups in total. The Bertz CT molecular complexity index is 847. The second-order valence-electron chi connectivity index (χ2n) is 5.99. The van der Waals surface area contributed by atoms with Gasteiger partial charge in [-0.3, -0.25) is 9.36 Å². The molecule has 1 aromatic carbocycles. The van der Waals surface area contributed by atoms with Crippen LogP contribution in [0, 0.1) is 12.8 Å². The van der Waals surface area contributed by atoms with Gasteiger partial charge in [-0.05, 0) is 49.6 Å². The largest absolute Gasteiger partial charge is 0.294 e. The number of nitrogens with zero attached hydrogens (tertiary/aromatic N) is 2. The van der Waals surface area contributed by atoms with E-state index in [9.17, 15) is 13.2 Å². The number of rotatable bonds is 3. The molecule has 1 aromatic heterocycles. The Labute approximate surface area is 146 Å². The van der Waals surface area contributed by atoms with Gasteiger partial charge in [-0.1, -0.05) is 17.7 Å². The van der Waals surface area contributed by atoms with Crippen LogP contribution in [0.3, 0.4) is 0 Å². The van der Waals surface area contributed by atoms with Gasteiger partial charge in [-0.2, -0.15) is 4.31 Å². The molecule has 1 fully saturated rings. The number of aromatic nitrogens is 1. The van der Waals surface area contributed by atoms with Crippen LogP contribution in [0.15, 0.2) is 47.6 Å². The average molecular weight is 367 g/mol. The van der Waals surface area contributed by atoms with Crippen LogP contribution in [0.25, 0.3) is 0 Å². The minimum Gasteiger partial charge on any atom is -0.294 e. The van der Waals surface area contributed by atoms with Crippen molar-refractivity contribution in [3.05, 3.63) is 53.3 Å². The van der Waals surface area contributed by atoms with Crippen LogP contribution in [0.2, 0.25) is 5.02 Å². The zero-order valence-corrected chi connectivity index (χ0v) is 14.9. The number of benzene rings is 1. The van der Waals surface area contributed by atoms with Crippen molar-refractivity contribution in [2.45, 2.75) is 24.7 Å². The first kappa shape index (κ1) is 17.2. The summed E-state index contributed by atoms with van der Waals surface area (Å²) in [5, 5.41) is 0.424. The molecule has 2 heterocycles. The monoisotopic (exact) mass is 366 g/mol. The Hall–Kier alpha value is -1.63. The highest BCUT2D eigenvalue weighted by atomic mass is 35.5. The van der Waals surface area contributed by atoms with E-state index in [1.165, 1.54) is 8.87 Å². The van der Waals surface area contributed by atoms with Crippen LogP contribution < -0.4 is 0 Å². The Morgan fingerprint density at radius 3 is 2.62 bits per heavy atom. The molecule has 24 heavy (non-hydrogen) atoms. The fourth-order valence-corrected chi connectivity index (χ4v) is 5.06. The van der Waals surface area contributed by atoms with Gasteiger partial charge in [0, 0.05) is 30.5 Å². The van der Waals surface area contributed by atoms with E-state index in [0.717, 1.165) is 0 Å². The first-order chi connectivity index (χ1) is 11.4. The Kier molecular flexibility index (Phi) is 4.80. The molecule has 0 unspecified atom stereocenters. The van der Waals surface area contributed by atoms with Gasteiger partial charge in [-0.15, -0.1) is 0 Å². The molecule has 0 amide bonds. The fourth-order valence-electron chi connectivity index (χ4n) is 3.06. The van der Waals surface area contributed by atoms with E-state index in [2.05, 4.69) is 0 Å². The fraction of sp³-hybridized carbons (Fsp3) is 0.353. The van der Waals surface area contributed by atoms with Crippen molar-refractivity contribution in [1.82, 2.24) is 8.87 Å². The zero-order valence-electron chi connectivity index (χ0n) is 13.4. The maximum absolute atomic E-state index is 13.0. The van der Waals surface area contributed by atoms with Crippen LogP contribution in [0.4, 0.5) is 0 Å². The third-order valence-electron chi connectivity index (χ3n) is 4.43. The highest BCUT2D eigenvalue weighted by Gasteiger charge is 2.34. The average Bonchev–Trinajstić information content (AvgIpc) is 3.11. The SMILES string of the molecule is Cc1c(Cl)cccc1S(=O)(=O)N1CCC[C@H](C(=O)n2cccc2)C1. The molecule has 128 valence electrons. The van der Waals surface area contributed by atoms with Crippen molar-refractivity contribution in [1.29, 1.82) is 0 Å². The van der Waals surface area contributed by atoms with Crippen LogP contribution in [0.5, 0.6) is 0 Å². The van der Waals surface area contributed by atoms with E-state index in [1.54, 1.807) is 49.6 Å². The summed E-state index contributed by atoms with van der Waals surface area (Å²) < 4.78 is 28.9. The summed E-state index contributed by atoms with van der Waals surface area (Å²) in [5.74, 6) is -0.400. The number of carbonyl (C=O) groups is 1. The number of carbonyl (C=O) groups excluding carboxylic acids is 1. The predicted octanol–water partition coefficient (Wildman–Crippen LogP) is 3.19. The molecule has 0 saturated carbocycles. The van der Waals surface area contributed by atoms with E-state index in [0.29, 0.717) is 30.0 Å². The molecule has 0 bridgehead atoms. The highest BCUT2D eigenvalue weighted by molar-refractivity contribution is 7.89. The third-order valence-corrected chi connectivity index (χ3v) is 6.85. The second-order valence-corrected chi connectivity index (χ2v) is 8.31. The summed E-state index contributed by atoms with van der Waals surface area (Å²) in [7, 11) is -3.66. The smallest absolute Gasteiger partial charge is 0.243 e. The van der Waals surface area contributed by atoms with Crippen molar-refractivity contribution < 1.29 is 13.2 Å². The van der Waals surface area contributed by atoms with Crippen molar-refractivity contribution >= 4 is 27.5 Å². The summed E-state index contributed by atoms with van der Waals surface area (Å²) in [6, 6.07) is 8.43. The summed E-state index contributed by atoms with van der Waals surface area (Å²) in [6.45, 7) is 2.32. The van der Waals surface area contributed by atoms with Gasteiger partial charge in [-0.25, -0.2) is 8.42 Å². The predicted molar refractivity (Wildman–Crippen MR) is 92.7 cm³/mol. The number of halogens is 1. The topological polar surface area (TPSA) is 59.4 Å². The van der Waals surface area contributed by atoms with Crippen LogP contribution >= 0.6 is 11.6 Å². The van der Waals surface area contributed by atoms with Crippen LogP contribution in [-0.2, 0) is 10.0 Å². The number of sulfonamides is 1. The molecule has 0 aliphatic carbocycles. The lowest BCUT2D eigenvalue weighted by Crippen LogP contribution is -2.43. The molecular weight excluding hydrogens is 348 g/mol. The normalized spacial score (nSPS) is 19.3. The maximum atomic E-state index is 13.0. The van der Waals surface area contributed by atoms with Gasteiger partial charge in [0.25, 0.3) is 0 Å². The van der Waals surface area contributed by atoms with Crippen molar-refractivity contribution in [2.24, 2.45) is 5.92 Å². The van der Waals surface area contributed by atoms with E-state index in [4.69, 9.17) is 11.6 Å². The minimum absolute atomic E-state index is 0.0669. The Morgan fingerprint density at radius 2 is 1.92 bits per heavy atom. The van der Waals surface area contributed by atoms with E-state index >= 15 is 0 Å². The van der Waals surface area contributed by atoms with Crippen molar-refractivity contribution in [3.8, 4) is 0 Å². The van der Waals surface area contributed by atoms with Gasteiger partial charge in [0.2, 0.25) is 15.9 Å². The Balaban J connectivity index is 1.86. The van der Waals surface area contributed by atoms with Gasteiger partial charge in [0.1, 0.15) is 0 Å². The van der Waals surface area contributed by atoms with E-state index in [-0.39, 0.29) is 23.3 Å². The third kappa shape index (κ3) is 3.14. The van der Waals surface area contributed by atoms with E-state index in [1.807, 2.05) is 0 Å². The van der Waals surface area contributed by atoms with Gasteiger partial charge < -0.3 is 0 Å². The Morgan fingerprint density at radius 1 is 1.21 bits per heavy atom. The lowest BCUT2D eigenvalue weighted by atomic mass is 9.99. The molecule has 7 heteroatoms. The second kappa shape index (κ2) is 6.70. The molecule has 1 aliphatic rings. The van der Waals surface area contributed by atoms with Gasteiger partial charge in [0.05, 0.1) is 10.8 Å². The van der Waals surface area contributed by atoms with Crippen molar-refractivity contribution in [2.75, 3.05) is 13.1 Å². The standard InChI is InChI=1S/C17H19ClN2O3S/c1-13-15(18)7-4-8-16(13)24(22,23)20-11-5-6-14(12-20)17(21)19-9-2-3-10-19/h2-4,7-10,14H,5-6,11-12H2,1H3/t14-/m0/s1. The summed E-state index contributed by atoms with van der Waals surface area (Å²) in [4.78, 5) is 12.7.